The molecule has 21 heavy (non-hydrogen) atoms. The third kappa shape index (κ3) is 1.83. The zero-order chi connectivity index (χ0) is 14.4. The zero-order valence-corrected chi connectivity index (χ0v) is 12.4. The summed E-state index contributed by atoms with van der Waals surface area (Å²) >= 11 is 6.30. The molecule has 0 fully saturated rings. The van der Waals surface area contributed by atoms with Gasteiger partial charge in [-0.3, -0.25) is 0 Å². The molecule has 4 rings (SSSR count). The quantitative estimate of drug-likeness (QED) is 0.641. The molecular weight excluding hydrogens is 284 g/mol. The number of benzene rings is 1. The van der Waals surface area contributed by atoms with Crippen molar-refractivity contribution in [2.75, 3.05) is 16.8 Å². The van der Waals surface area contributed by atoms with Gasteiger partial charge in [-0.15, -0.1) is 0 Å². The van der Waals surface area contributed by atoms with Crippen molar-refractivity contribution >= 4 is 28.8 Å². The van der Waals surface area contributed by atoms with E-state index in [-0.39, 0.29) is 6.04 Å². The smallest absolute Gasteiger partial charge is 0.161 e. The van der Waals surface area contributed by atoms with E-state index in [1.54, 1.807) is 0 Å². The molecule has 106 valence electrons. The van der Waals surface area contributed by atoms with Crippen LogP contribution in [0.15, 0.2) is 36.7 Å². The first-order chi connectivity index (χ1) is 10.3. The SMILES string of the molecule is C/C=C/C1Nc2c(Cl)ncnc2N2CCc3cccc1c32. The van der Waals surface area contributed by atoms with Gasteiger partial charge in [0.25, 0.3) is 0 Å². The van der Waals surface area contributed by atoms with E-state index in [4.69, 9.17) is 11.6 Å². The number of para-hydroxylation sites is 1. The van der Waals surface area contributed by atoms with Crippen LogP contribution >= 0.6 is 11.6 Å². The lowest BCUT2D eigenvalue weighted by Gasteiger charge is -2.19. The predicted octanol–water partition coefficient (Wildman–Crippen LogP) is 3.87. The molecule has 1 N–H and O–H groups in total. The number of nitrogens with zero attached hydrogens (tertiary/aromatic N) is 3. The average Bonchev–Trinajstić information content (AvgIpc) is 2.86. The fourth-order valence-corrected chi connectivity index (χ4v) is 3.39. The summed E-state index contributed by atoms with van der Waals surface area (Å²) in [5.41, 5.74) is 4.71. The number of allylic oxidation sites excluding steroid dienone is 1. The van der Waals surface area contributed by atoms with Crippen LogP contribution < -0.4 is 10.2 Å². The van der Waals surface area contributed by atoms with E-state index >= 15 is 0 Å². The maximum absolute atomic E-state index is 6.30. The van der Waals surface area contributed by atoms with Crippen LogP contribution in [0.25, 0.3) is 0 Å². The van der Waals surface area contributed by atoms with Gasteiger partial charge in [-0.1, -0.05) is 42.0 Å². The molecule has 4 nitrogen and oxygen atoms in total. The second kappa shape index (κ2) is 4.74. The molecular formula is C16H15ClN4. The van der Waals surface area contributed by atoms with Crippen molar-refractivity contribution in [1.29, 1.82) is 0 Å². The Morgan fingerprint density at radius 2 is 2.29 bits per heavy atom. The standard InChI is InChI=1S/C16H15ClN4/c1-2-4-12-11-6-3-5-10-7-8-21(14(10)11)16-13(20-12)15(17)18-9-19-16/h2-6,9,12,20H,7-8H2,1H3/b4-2+. The molecule has 0 radical (unpaired) electrons. The Balaban J connectivity index is 2.01. The minimum Gasteiger partial charge on any atom is -0.369 e. The molecule has 3 heterocycles. The number of rotatable bonds is 1. The summed E-state index contributed by atoms with van der Waals surface area (Å²) in [6, 6.07) is 6.57. The highest BCUT2D eigenvalue weighted by Crippen LogP contribution is 2.47. The van der Waals surface area contributed by atoms with Crippen LogP contribution in [-0.4, -0.2) is 16.5 Å². The second-order valence-electron chi connectivity index (χ2n) is 5.27. The largest absolute Gasteiger partial charge is 0.369 e. The summed E-state index contributed by atoms with van der Waals surface area (Å²) in [4.78, 5) is 10.8. The number of hydrogen-bond acceptors (Lipinski definition) is 4. The van der Waals surface area contributed by atoms with E-state index in [1.165, 1.54) is 23.1 Å². The Morgan fingerprint density at radius 3 is 3.14 bits per heavy atom. The molecule has 1 unspecified atom stereocenters. The van der Waals surface area contributed by atoms with Crippen LogP contribution in [-0.2, 0) is 6.42 Å². The van der Waals surface area contributed by atoms with Crippen molar-refractivity contribution in [3.05, 3.63) is 53.0 Å². The van der Waals surface area contributed by atoms with Crippen molar-refractivity contribution in [1.82, 2.24) is 9.97 Å². The molecule has 1 aromatic heterocycles. The minimum absolute atomic E-state index is 0.0790. The van der Waals surface area contributed by atoms with E-state index in [0.29, 0.717) is 5.15 Å². The topological polar surface area (TPSA) is 41.1 Å². The Hall–Kier alpha value is -2.07. The summed E-state index contributed by atoms with van der Waals surface area (Å²) < 4.78 is 0. The van der Waals surface area contributed by atoms with Gasteiger partial charge in [-0.05, 0) is 18.9 Å². The summed E-state index contributed by atoms with van der Waals surface area (Å²) in [7, 11) is 0. The van der Waals surface area contributed by atoms with Crippen molar-refractivity contribution in [3.63, 3.8) is 0 Å². The Morgan fingerprint density at radius 1 is 1.38 bits per heavy atom. The third-order valence-corrected chi connectivity index (χ3v) is 4.37. The van der Waals surface area contributed by atoms with Crippen LogP contribution in [0.4, 0.5) is 17.2 Å². The first kappa shape index (κ1) is 12.7. The fourth-order valence-electron chi connectivity index (χ4n) is 3.21. The fraction of sp³-hybridized carbons (Fsp3) is 0.250. The van der Waals surface area contributed by atoms with Gasteiger partial charge in [0.2, 0.25) is 0 Å². The lowest BCUT2D eigenvalue weighted by atomic mass is 10.0. The Kier molecular flexibility index (Phi) is 2.86. The van der Waals surface area contributed by atoms with Crippen LogP contribution in [0.2, 0.25) is 5.15 Å². The Bertz CT molecular complexity index is 741. The lowest BCUT2D eigenvalue weighted by molar-refractivity contribution is 0.966. The first-order valence-corrected chi connectivity index (χ1v) is 7.46. The molecule has 0 bridgehead atoms. The van der Waals surface area contributed by atoms with E-state index in [2.05, 4.69) is 50.5 Å². The number of hydrogen-bond donors (Lipinski definition) is 1. The highest BCUT2D eigenvalue weighted by molar-refractivity contribution is 6.32. The number of fused-ring (bicyclic) bond motifs is 2. The molecule has 0 amide bonds. The second-order valence-corrected chi connectivity index (χ2v) is 5.63. The van der Waals surface area contributed by atoms with Crippen molar-refractivity contribution in [2.45, 2.75) is 19.4 Å². The highest BCUT2D eigenvalue weighted by atomic mass is 35.5. The number of halogens is 1. The van der Waals surface area contributed by atoms with Crippen LogP contribution in [0, 0.1) is 0 Å². The molecule has 2 aliphatic heterocycles. The van der Waals surface area contributed by atoms with Gasteiger partial charge in [0, 0.05) is 12.1 Å². The average molecular weight is 299 g/mol. The van der Waals surface area contributed by atoms with E-state index in [9.17, 15) is 0 Å². The van der Waals surface area contributed by atoms with Crippen LogP contribution in [0.3, 0.4) is 0 Å². The van der Waals surface area contributed by atoms with Gasteiger partial charge < -0.3 is 10.2 Å². The molecule has 0 saturated carbocycles. The molecule has 1 aromatic carbocycles. The van der Waals surface area contributed by atoms with Crippen molar-refractivity contribution in [3.8, 4) is 0 Å². The maximum Gasteiger partial charge on any atom is 0.161 e. The van der Waals surface area contributed by atoms with Gasteiger partial charge in [-0.2, -0.15) is 0 Å². The Labute approximate surface area is 128 Å². The van der Waals surface area contributed by atoms with Crippen LogP contribution in [0.5, 0.6) is 0 Å². The molecule has 5 heteroatoms. The van der Waals surface area contributed by atoms with E-state index in [0.717, 1.165) is 24.5 Å². The van der Waals surface area contributed by atoms with Gasteiger partial charge in [0.15, 0.2) is 11.0 Å². The number of anilines is 3. The lowest BCUT2D eigenvalue weighted by Crippen LogP contribution is -2.15. The molecule has 2 aliphatic rings. The first-order valence-electron chi connectivity index (χ1n) is 7.08. The molecule has 1 atom stereocenters. The van der Waals surface area contributed by atoms with Gasteiger partial charge in [-0.25, -0.2) is 9.97 Å². The minimum atomic E-state index is 0.0790. The van der Waals surface area contributed by atoms with E-state index in [1.807, 2.05) is 6.92 Å². The summed E-state index contributed by atoms with van der Waals surface area (Å²) in [5.74, 6) is 0.869. The van der Waals surface area contributed by atoms with E-state index < -0.39 is 0 Å². The van der Waals surface area contributed by atoms with Crippen LogP contribution in [0.1, 0.15) is 24.1 Å². The van der Waals surface area contributed by atoms with Gasteiger partial charge in [0.1, 0.15) is 12.0 Å². The van der Waals surface area contributed by atoms with Gasteiger partial charge >= 0.3 is 0 Å². The summed E-state index contributed by atoms with van der Waals surface area (Å²) in [6.07, 6.45) is 6.76. The summed E-state index contributed by atoms with van der Waals surface area (Å²) in [5, 5.41) is 3.96. The normalized spacial score (nSPS) is 19.1. The van der Waals surface area contributed by atoms with Crippen molar-refractivity contribution in [2.24, 2.45) is 0 Å². The maximum atomic E-state index is 6.30. The molecule has 2 aromatic rings. The number of nitrogens with one attached hydrogen (secondary N) is 1. The predicted molar refractivity (Wildman–Crippen MR) is 85.4 cm³/mol. The van der Waals surface area contributed by atoms with Gasteiger partial charge in [0.05, 0.1) is 11.7 Å². The summed E-state index contributed by atoms with van der Waals surface area (Å²) in [6.45, 7) is 2.95. The molecule has 0 spiro atoms. The monoisotopic (exact) mass is 298 g/mol. The third-order valence-electron chi connectivity index (χ3n) is 4.08. The van der Waals surface area contributed by atoms with Crippen molar-refractivity contribution < 1.29 is 0 Å². The molecule has 0 aliphatic carbocycles. The number of aromatic nitrogens is 2. The zero-order valence-electron chi connectivity index (χ0n) is 11.7. The molecule has 0 saturated heterocycles. The highest BCUT2D eigenvalue weighted by Gasteiger charge is 2.32.